The van der Waals surface area contributed by atoms with E-state index in [4.69, 9.17) is 0 Å². The van der Waals surface area contributed by atoms with Gasteiger partial charge in [0.15, 0.2) is 5.78 Å². The summed E-state index contributed by atoms with van der Waals surface area (Å²) in [6.45, 7) is 5.80. The molecule has 0 aliphatic carbocycles. The Hall–Kier alpha value is -1.31. The molecule has 1 aromatic rings. The zero-order chi connectivity index (χ0) is 10.8. The summed E-state index contributed by atoms with van der Waals surface area (Å²) >= 11 is 0. The number of hydrogen-bond donors (Lipinski definition) is 1. The molecule has 0 aliphatic rings. The van der Waals surface area contributed by atoms with Crippen LogP contribution in [-0.4, -0.2) is 12.8 Å². The number of Topliss-reactive ketones (excluding diaryl/α,β-unsaturated/α-hetero) is 1. The zero-order valence-corrected chi connectivity index (χ0v) is 9.22. The van der Waals surface area contributed by atoms with Gasteiger partial charge in [0.1, 0.15) is 0 Å². The van der Waals surface area contributed by atoms with Crippen LogP contribution in [0.5, 0.6) is 0 Å². The second kappa shape index (κ2) is 3.82. The number of ketones is 1. The molecule has 0 aliphatic heterocycles. The lowest BCUT2D eigenvalue weighted by molar-refractivity contribution is 0.0858. The van der Waals surface area contributed by atoms with Crippen LogP contribution in [0.3, 0.4) is 0 Å². The molecular weight excluding hydrogens is 174 g/mol. The fourth-order valence-electron chi connectivity index (χ4n) is 1.25. The molecule has 2 heteroatoms. The van der Waals surface area contributed by atoms with E-state index in [1.54, 1.807) is 0 Å². The highest BCUT2D eigenvalue weighted by atomic mass is 16.1. The maximum absolute atomic E-state index is 11.9. The van der Waals surface area contributed by atoms with Gasteiger partial charge in [-0.15, -0.1) is 0 Å². The quantitative estimate of drug-likeness (QED) is 0.728. The standard InChI is InChI=1S/C12H17NO/c1-12(2,3)11(14)9-6-5-7-10(8-9)13-4/h5-8,13H,1-4H3. The third-order valence-corrected chi connectivity index (χ3v) is 2.09. The van der Waals surface area contributed by atoms with Crippen LogP contribution in [0, 0.1) is 5.41 Å². The number of carbonyl (C=O) groups excluding carboxylic acids is 1. The van der Waals surface area contributed by atoms with Crippen molar-refractivity contribution in [3.63, 3.8) is 0 Å². The molecule has 0 heterocycles. The lowest BCUT2D eigenvalue weighted by Gasteiger charge is -2.16. The van der Waals surface area contributed by atoms with Crippen LogP contribution >= 0.6 is 0 Å². The van der Waals surface area contributed by atoms with Gasteiger partial charge in [0.2, 0.25) is 0 Å². The number of hydrogen-bond acceptors (Lipinski definition) is 2. The van der Waals surface area contributed by atoms with Crippen LogP contribution in [0.4, 0.5) is 5.69 Å². The summed E-state index contributed by atoms with van der Waals surface area (Å²) in [4.78, 5) is 11.9. The number of benzene rings is 1. The fourth-order valence-corrected chi connectivity index (χ4v) is 1.25. The minimum atomic E-state index is -0.313. The minimum Gasteiger partial charge on any atom is -0.388 e. The summed E-state index contributed by atoms with van der Waals surface area (Å²) in [7, 11) is 1.85. The zero-order valence-electron chi connectivity index (χ0n) is 9.22. The molecule has 1 N–H and O–H groups in total. The molecule has 76 valence electrons. The lowest BCUT2D eigenvalue weighted by atomic mass is 9.86. The first kappa shape index (κ1) is 10.8. The van der Waals surface area contributed by atoms with Gasteiger partial charge in [0.25, 0.3) is 0 Å². The van der Waals surface area contributed by atoms with Gasteiger partial charge in [-0.3, -0.25) is 4.79 Å². The third kappa shape index (κ3) is 2.34. The van der Waals surface area contributed by atoms with Crippen molar-refractivity contribution in [1.29, 1.82) is 0 Å². The van der Waals surface area contributed by atoms with Crippen molar-refractivity contribution >= 4 is 11.5 Å². The molecule has 0 amide bonds. The van der Waals surface area contributed by atoms with Crippen molar-refractivity contribution in [2.24, 2.45) is 5.41 Å². The minimum absolute atomic E-state index is 0.176. The summed E-state index contributed by atoms with van der Waals surface area (Å²) in [5.41, 5.74) is 1.43. The van der Waals surface area contributed by atoms with Gasteiger partial charge >= 0.3 is 0 Å². The van der Waals surface area contributed by atoms with Crippen LogP contribution < -0.4 is 5.32 Å². The highest BCUT2D eigenvalue weighted by molar-refractivity contribution is 6.00. The van der Waals surface area contributed by atoms with E-state index in [0.29, 0.717) is 0 Å². The second-order valence-electron chi connectivity index (χ2n) is 4.41. The van der Waals surface area contributed by atoms with E-state index >= 15 is 0 Å². The Balaban J connectivity index is 3.02. The van der Waals surface area contributed by atoms with Crippen molar-refractivity contribution in [1.82, 2.24) is 0 Å². The van der Waals surface area contributed by atoms with Crippen LogP contribution in [0.25, 0.3) is 0 Å². The molecule has 0 fully saturated rings. The monoisotopic (exact) mass is 191 g/mol. The first-order chi connectivity index (χ1) is 6.45. The summed E-state index contributed by atoms with van der Waals surface area (Å²) in [6.07, 6.45) is 0. The average Bonchev–Trinajstić information content (AvgIpc) is 2.15. The number of rotatable bonds is 2. The summed E-state index contributed by atoms with van der Waals surface area (Å²) < 4.78 is 0. The Kier molecular flexibility index (Phi) is 2.94. The lowest BCUT2D eigenvalue weighted by Crippen LogP contribution is -2.20. The molecule has 0 atom stereocenters. The van der Waals surface area contributed by atoms with Gasteiger partial charge in [-0.05, 0) is 12.1 Å². The molecule has 0 aromatic heterocycles. The molecule has 0 unspecified atom stereocenters. The summed E-state index contributed by atoms with van der Waals surface area (Å²) in [5, 5.41) is 3.02. The SMILES string of the molecule is CNc1cccc(C(=O)C(C)(C)C)c1. The topological polar surface area (TPSA) is 29.1 Å². The molecule has 0 bridgehead atoms. The van der Waals surface area contributed by atoms with Crippen LogP contribution in [0.2, 0.25) is 0 Å². The van der Waals surface area contributed by atoms with Gasteiger partial charge in [-0.1, -0.05) is 32.9 Å². The van der Waals surface area contributed by atoms with E-state index in [2.05, 4.69) is 5.32 Å². The van der Waals surface area contributed by atoms with Crippen molar-refractivity contribution in [3.05, 3.63) is 29.8 Å². The molecule has 1 aromatic carbocycles. The van der Waals surface area contributed by atoms with Crippen LogP contribution in [-0.2, 0) is 0 Å². The van der Waals surface area contributed by atoms with Crippen LogP contribution in [0.1, 0.15) is 31.1 Å². The number of nitrogens with one attached hydrogen (secondary N) is 1. The third-order valence-electron chi connectivity index (χ3n) is 2.09. The van der Waals surface area contributed by atoms with E-state index in [1.807, 2.05) is 52.1 Å². The molecule has 0 radical (unpaired) electrons. The van der Waals surface area contributed by atoms with Gasteiger partial charge in [-0.25, -0.2) is 0 Å². The molecule has 0 spiro atoms. The molecule has 1 rings (SSSR count). The van der Waals surface area contributed by atoms with E-state index in [-0.39, 0.29) is 11.2 Å². The maximum atomic E-state index is 11.9. The van der Waals surface area contributed by atoms with Crippen molar-refractivity contribution in [2.75, 3.05) is 12.4 Å². The number of carbonyl (C=O) groups is 1. The Bertz CT molecular complexity index is 336. The highest BCUT2D eigenvalue weighted by Gasteiger charge is 2.22. The van der Waals surface area contributed by atoms with E-state index in [9.17, 15) is 4.79 Å². The van der Waals surface area contributed by atoms with Crippen LogP contribution in [0.15, 0.2) is 24.3 Å². The van der Waals surface area contributed by atoms with Crippen molar-refractivity contribution in [3.8, 4) is 0 Å². The molecule has 0 saturated carbocycles. The molecule has 0 saturated heterocycles. The fraction of sp³-hybridized carbons (Fsp3) is 0.417. The van der Waals surface area contributed by atoms with E-state index in [1.165, 1.54) is 0 Å². The molecule has 2 nitrogen and oxygen atoms in total. The predicted molar refractivity (Wildman–Crippen MR) is 59.8 cm³/mol. The van der Waals surface area contributed by atoms with Gasteiger partial charge in [0, 0.05) is 23.7 Å². The Morgan fingerprint density at radius 2 is 1.93 bits per heavy atom. The van der Waals surface area contributed by atoms with Gasteiger partial charge in [0.05, 0.1) is 0 Å². The molecule has 14 heavy (non-hydrogen) atoms. The smallest absolute Gasteiger partial charge is 0.168 e. The number of anilines is 1. The van der Waals surface area contributed by atoms with Crippen molar-refractivity contribution < 1.29 is 4.79 Å². The first-order valence-electron chi connectivity index (χ1n) is 4.78. The highest BCUT2D eigenvalue weighted by Crippen LogP contribution is 2.22. The summed E-state index contributed by atoms with van der Waals surface area (Å²) in [6, 6.07) is 7.58. The van der Waals surface area contributed by atoms with E-state index in [0.717, 1.165) is 11.3 Å². The Morgan fingerprint density at radius 1 is 1.29 bits per heavy atom. The Morgan fingerprint density at radius 3 is 2.43 bits per heavy atom. The first-order valence-corrected chi connectivity index (χ1v) is 4.78. The largest absolute Gasteiger partial charge is 0.388 e. The van der Waals surface area contributed by atoms with Gasteiger partial charge < -0.3 is 5.32 Å². The normalized spacial score (nSPS) is 11.1. The molecular formula is C12H17NO. The van der Waals surface area contributed by atoms with E-state index < -0.39 is 0 Å². The maximum Gasteiger partial charge on any atom is 0.168 e. The van der Waals surface area contributed by atoms with Crippen molar-refractivity contribution in [2.45, 2.75) is 20.8 Å². The second-order valence-corrected chi connectivity index (χ2v) is 4.41. The predicted octanol–water partition coefficient (Wildman–Crippen LogP) is 2.96. The average molecular weight is 191 g/mol. The Labute approximate surface area is 85.3 Å². The summed E-state index contributed by atoms with van der Waals surface area (Å²) in [5.74, 6) is 0.176. The van der Waals surface area contributed by atoms with Gasteiger partial charge in [-0.2, -0.15) is 0 Å².